The van der Waals surface area contributed by atoms with Crippen molar-refractivity contribution in [2.24, 2.45) is 0 Å². The molecule has 0 aliphatic rings. The lowest BCUT2D eigenvalue weighted by atomic mass is 10.0. The molecule has 0 aliphatic heterocycles. The zero-order valence-corrected chi connectivity index (χ0v) is 8.57. The van der Waals surface area contributed by atoms with Crippen LogP contribution in [0.3, 0.4) is 0 Å². The predicted molar refractivity (Wildman–Crippen MR) is 44.3 cm³/mol. The first-order valence-electron chi connectivity index (χ1n) is 3.94. The van der Waals surface area contributed by atoms with Gasteiger partial charge in [-0.15, -0.1) is 0 Å². The molecule has 4 atom stereocenters. The first-order chi connectivity index (χ1) is 6.40. The molecule has 0 rings (SSSR count). The Morgan fingerprint density at radius 1 is 1.29 bits per heavy atom. The first kappa shape index (κ1) is 13.5. The Morgan fingerprint density at radius 3 is 2.14 bits per heavy atom. The Balaban J connectivity index is 4.15. The second-order valence-corrected chi connectivity index (χ2v) is 3.59. The molecule has 0 fully saturated rings. The highest BCUT2D eigenvalue weighted by Gasteiger charge is 2.30. The van der Waals surface area contributed by atoms with Crippen molar-refractivity contribution >= 4 is 9.17 Å². The van der Waals surface area contributed by atoms with Crippen LogP contribution in [0.5, 0.6) is 0 Å². The summed E-state index contributed by atoms with van der Waals surface area (Å²) < 4.78 is 14.6. The summed E-state index contributed by atoms with van der Waals surface area (Å²) >= 11 is 0. The van der Waals surface area contributed by atoms with Gasteiger partial charge in [-0.3, -0.25) is 4.46 Å². The maximum atomic E-state index is 10.2. The van der Waals surface area contributed by atoms with Gasteiger partial charge >= 0.3 is 9.17 Å². The smallest absolute Gasteiger partial charge is 0.511 e. The van der Waals surface area contributed by atoms with Gasteiger partial charge in [-0.25, -0.2) is 0 Å². The van der Waals surface area contributed by atoms with Crippen LogP contribution in [0.4, 0.5) is 0 Å². The van der Waals surface area contributed by atoms with Crippen molar-refractivity contribution in [3.05, 3.63) is 0 Å². The molecule has 7 nitrogen and oxygen atoms in total. The van der Waals surface area contributed by atoms with E-state index in [4.69, 9.17) is 20.1 Å². The van der Waals surface area contributed by atoms with Gasteiger partial charge in [-0.1, -0.05) is 0 Å². The molecule has 0 aromatic heterocycles. The Hall–Kier alpha value is -0.543. The highest BCUT2D eigenvalue weighted by Crippen LogP contribution is 2.07. The lowest BCUT2D eigenvalue weighted by Gasteiger charge is -2.25. The topological polar surface area (TPSA) is 127 Å². The van der Waals surface area contributed by atoms with Crippen molar-refractivity contribution in [1.82, 2.24) is 0 Å². The van der Waals surface area contributed by atoms with E-state index in [2.05, 4.69) is 4.43 Å². The van der Waals surface area contributed by atoms with E-state index in [1.807, 2.05) is 0 Å². The normalized spacial score (nSPS) is 19.5. The van der Waals surface area contributed by atoms with Crippen LogP contribution in [-0.2, 0) is 8.89 Å². The zero-order valence-electron chi connectivity index (χ0n) is 7.57. The molecule has 0 aromatic rings. The zero-order chi connectivity index (χ0) is 11.3. The van der Waals surface area contributed by atoms with E-state index in [-0.39, 0.29) is 0 Å². The predicted octanol–water partition coefficient (Wildman–Crippen LogP) is -3.13. The van der Waals surface area contributed by atoms with Gasteiger partial charge in [0.15, 0.2) is 0 Å². The number of rotatable bonds is 6. The second kappa shape index (κ2) is 6.04. The fourth-order valence-electron chi connectivity index (χ4n) is 0.842. The van der Waals surface area contributed by atoms with E-state index in [9.17, 15) is 9.57 Å². The van der Waals surface area contributed by atoms with E-state index in [1.165, 1.54) is 6.92 Å². The van der Waals surface area contributed by atoms with Crippen molar-refractivity contribution in [2.45, 2.75) is 31.3 Å². The third kappa shape index (κ3) is 4.11. The molecular formula is C6H14O7Si. The molecule has 5 N–H and O–H groups in total. The summed E-state index contributed by atoms with van der Waals surface area (Å²) in [6.45, 7) is 0.538. The van der Waals surface area contributed by atoms with Gasteiger partial charge in [0.2, 0.25) is 0 Å². The number of aliphatic hydroxyl groups excluding tert-OH is 4. The SMILES string of the molecule is C[C@H](O[Si](=O)O)[C@@H](O)[C@H](O)[C@H](O)CO. The van der Waals surface area contributed by atoms with E-state index < -0.39 is 40.2 Å². The fraction of sp³-hybridized carbons (Fsp3) is 1.00. The summed E-state index contributed by atoms with van der Waals surface area (Å²) in [7, 11) is -3.21. The van der Waals surface area contributed by atoms with E-state index in [1.54, 1.807) is 0 Å². The van der Waals surface area contributed by atoms with Crippen molar-refractivity contribution in [2.75, 3.05) is 6.61 Å². The summed E-state index contributed by atoms with van der Waals surface area (Å²) in [5.74, 6) is 0. The minimum atomic E-state index is -3.21. The highest BCUT2D eigenvalue weighted by molar-refractivity contribution is 6.24. The molecule has 0 aromatic carbocycles. The lowest BCUT2D eigenvalue weighted by molar-refractivity contribution is -0.109. The third-order valence-electron chi connectivity index (χ3n) is 1.70. The molecule has 0 spiro atoms. The molecule has 14 heavy (non-hydrogen) atoms. The molecule has 0 saturated carbocycles. The summed E-state index contributed by atoms with van der Waals surface area (Å²) in [6, 6.07) is 0. The van der Waals surface area contributed by atoms with Crippen LogP contribution >= 0.6 is 0 Å². The summed E-state index contributed by atoms with van der Waals surface area (Å²) in [5, 5.41) is 35.8. The van der Waals surface area contributed by atoms with Gasteiger partial charge in [0.25, 0.3) is 0 Å². The van der Waals surface area contributed by atoms with Crippen LogP contribution in [0.1, 0.15) is 6.92 Å². The Labute approximate surface area is 82.1 Å². The molecule has 0 amide bonds. The molecule has 84 valence electrons. The fourth-order valence-corrected chi connectivity index (χ4v) is 1.30. The molecular weight excluding hydrogens is 212 g/mol. The average molecular weight is 226 g/mol. The van der Waals surface area contributed by atoms with Crippen molar-refractivity contribution in [3.63, 3.8) is 0 Å². The molecule has 0 unspecified atom stereocenters. The molecule has 0 saturated heterocycles. The van der Waals surface area contributed by atoms with Crippen LogP contribution < -0.4 is 0 Å². The standard InChI is InChI=1S/C6H14O7Si/c1-3(13-14(11)12)5(9)6(10)4(8)2-7/h3-11H,2H2,1H3/t3-,4+,5+,6+/m0/s1. The maximum Gasteiger partial charge on any atom is 0.764 e. The van der Waals surface area contributed by atoms with Crippen molar-refractivity contribution in [3.8, 4) is 0 Å². The highest BCUT2D eigenvalue weighted by atomic mass is 28.3. The van der Waals surface area contributed by atoms with Crippen LogP contribution in [0.25, 0.3) is 0 Å². The number of hydrogen-bond acceptors (Lipinski definition) is 6. The largest absolute Gasteiger partial charge is 0.764 e. The average Bonchev–Trinajstić information content (AvgIpc) is 2.13. The van der Waals surface area contributed by atoms with Gasteiger partial charge in [0.05, 0.1) is 6.61 Å². The van der Waals surface area contributed by atoms with Crippen molar-refractivity contribution in [1.29, 1.82) is 0 Å². The number of hydrogen-bond donors (Lipinski definition) is 5. The van der Waals surface area contributed by atoms with Gasteiger partial charge in [0, 0.05) is 0 Å². The van der Waals surface area contributed by atoms with Crippen LogP contribution in [0, 0.1) is 0 Å². The third-order valence-corrected chi connectivity index (χ3v) is 2.27. The molecule has 0 radical (unpaired) electrons. The van der Waals surface area contributed by atoms with Gasteiger partial charge in [0.1, 0.15) is 24.4 Å². The monoisotopic (exact) mass is 226 g/mol. The van der Waals surface area contributed by atoms with Crippen molar-refractivity contribution < 1.29 is 34.1 Å². The molecule has 0 aliphatic carbocycles. The number of aliphatic hydroxyl groups is 4. The van der Waals surface area contributed by atoms with Crippen LogP contribution in [0.2, 0.25) is 0 Å². The Morgan fingerprint density at radius 2 is 1.79 bits per heavy atom. The van der Waals surface area contributed by atoms with E-state index in [0.29, 0.717) is 0 Å². The quantitative estimate of drug-likeness (QED) is 0.303. The summed E-state index contributed by atoms with van der Waals surface area (Å²) in [5.41, 5.74) is 0. The lowest BCUT2D eigenvalue weighted by Crippen LogP contribution is -2.46. The van der Waals surface area contributed by atoms with Gasteiger partial charge in [-0.05, 0) is 6.92 Å². The molecule has 0 heterocycles. The second-order valence-electron chi connectivity index (χ2n) is 2.82. The molecule has 0 bridgehead atoms. The first-order valence-corrected chi connectivity index (χ1v) is 5.21. The van der Waals surface area contributed by atoms with Gasteiger partial charge < -0.3 is 29.6 Å². The van der Waals surface area contributed by atoms with E-state index >= 15 is 0 Å². The molecule has 8 heteroatoms. The minimum Gasteiger partial charge on any atom is -0.511 e. The van der Waals surface area contributed by atoms with Gasteiger partial charge in [-0.2, -0.15) is 0 Å². The summed E-state index contributed by atoms with van der Waals surface area (Å²) in [6.07, 6.45) is -5.80. The van der Waals surface area contributed by atoms with E-state index in [0.717, 1.165) is 0 Å². The Bertz CT molecular complexity index is 187. The maximum absolute atomic E-state index is 10.2. The Kier molecular flexibility index (Phi) is 5.80. The minimum absolute atomic E-state index is 0.723. The van der Waals surface area contributed by atoms with Crippen LogP contribution in [-0.4, -0.2) is 65.4 Å². The van der Waals surface area contributed by atoms with Crippen LogP contribution in [0.15, 0.2) is 0 Å². The summed E-state index contributed by atoms with van der Waals surface area (Å²) in [4.78, 5) is 8.37.